The lowest BCUT2D eigenvalue weighted by Crippen LogP contribution is -2.19. The van der Waals surface area contributed by atoms with E-state index < -0.39 is 0 Å². The molecule has 0 amide bonds. The van der Waals surface area contributed by atoms with Gasteiger partial charge in [-0.2, -0.15) is 0 Å². The third kappa shape index (κ3) is 1.93. The first-order valence-electron chi connectivity index (χ1n) is 6.21. The summed E-state index contributed by atoms with van der Waals surface area (Å²) >= 11 is 0. The quantitative estimate of drug-likeness (QED) is 0.843. The zero-order valence-electron chi connectivity index (χ0n) is 9.73. The van der Waals surface area contributed by atoms with Gasteiger partial charge < -0.3 is 0 Å². The average Bonchev–Trinajstić information content (AvgIpc) is 2.99. The van der Waals surface area contributed by atoms with E-state index in [2.05, 4.69) is 5.10 Å². The van der Waals surface area contributed by atoms with Crippen molar-refractivity contribution in [2.75, 3.05) is 0 Å². The number of nitrogens with one attached hydrogen (secondary N) is 1. The average molecular weight is 228 g/mol. The number of benzene rings is 1. The van der Waals surface area contributed by atoms with Crippen LogP contribution in [0.4, 0.5) is 0 Å². The highest BCUT2D eigenvalue weighted by atomic mass is 16.1. The van der Waals surface area contributed by atoms with E-state index in [4.69, 9.17) is 0 Å². The molecule has 0 radical (unpaired) electrons. The summed E-state index contributed by atoms with van der Waals surface area (Å²) in [7, 11) is 0. The van der Waals surface area contributed by atoms with Crippen LogP contribution in [0, 0.1) is 0 Å². The Morgan fingerprint density at radius 2 is 1.82 bits per heavy atom. The van der Waals surface area contributed by atoms with Gasteiger partial charge in [0.25, 0.3) is 5.56 Å². The molecule has 1 fully saturated rings. The van der Waals surface area contributed by atoms with Crippen LogP contribution in [-0.2, 0) is 0 Å². The molecule has 2 aromatic rings. The Bertz CT molecular complexity index is 547. The minimum absolute atomic E-state index is 0.0933. The van der Waals surface area contributed by atoms with Crippen molar-refractivity contribution in [1.82, 2.24) is 9.78 Å². The van der Waals surface area contributed by atoms with Crippen LogP contribution in [0.5, 0.6) is 0 Å². The van der Waals surface area contributed by atoms with Crippen molar-refractivity contribution in [3.8, 4) is 11.3 Å². The predicted molar refractivity (Wildman–Crippen MR) is 68.0 cm³/mol. The summed E-state index contributed by atoms with van der Waals surface area (Å²) in [6.07, 6.45) is 4.71. The van der Waals surface area contributed by atoms with Gasteiger partial charge in [0.2, 0.25) is 0 Å². The second-order valence-corrected chi connectivity index (χ2v) is 4.68. The van der Waals surface area contributed by atoms with Gasteiger partial charge in [0.05, 0.1) is 11.7 Å². The van der Waals surface area contributed by atoms with Crippen LogP contribution in [-0.4, -0.2) is 9.78 Å². The van der Waals surface area contributed by atoms with E-state index in [9.17, 15) is 4.79 Å². The summed E-state index contributed by atoms with van der Waals surface area (Å²) in [6, 6.07) is 12.1. The standard InChI is InChI=1S/C14H16N2O/c17-14-10-13(11-6-2-1-3-7-11)15-16(14)12-8-4-5-9-12/h1-3,6-7,10,12,15H,4-5,8-9H2. The number of H-pyrrole nitrogens is 1. The van der Waals surface area contributed by atoms with Gasteiger partial charge in [-0.05, 0) is 18.4 Å². The molecule has 0 saturated heterocycles. The first kappa shape index (κ1) is 10.4. The molecule has 1 aromatic carbocycles. The predicted octanol–water partition coefficient (Wildman–Crippen LogP) is 2.96. The van der Waals surface area contributed by atoms with Gasteiger partial charge in [-0.15, -0.1) is 0 Å². The van der Waals surface area contributed by atoms with Gasteiger partial charge in [0.15, 0.2) is 0 Å². The fourth-order valence-corrected chi connectivity index (χ4v) is 2.61. The van der Waals surface area contributed by atoms with Crippen LogP contribution in [0.15, 0.2) is 41.2 Å². The maximum absolute atomic E-state index is 11.9. The van der Waals surface area contributed by atoms with Crippen LogP contribution in [0.1, 0.15) is 31.7 Å². The minimum atomic E-state index is 0.0933. The Morgan fingerprint density at radius 1 is 1.12 bits per heavy atom. The number of aromatic nitrogens is 2. The van der Waals surface area contributed by atoms with E-state index in [0.717, 1.165) is 24.1 Å². The van der Waals surface area contributed by atoms with E-state index >= 15 is 0 Å². The van der Waals surface area contributed by atoms with Gasteiger partial charge in [0, 0.05) is 6.07 Å². The molecule has 0 bridgehead atoms. The minimum Gasteiger partial charge on any atom is -0.295 e. The molecule has 1 heterocycles. The fourth-order valence-electron chi connectivity index (χ4n) is 2.61. The summed E-state index contributed by atoms with van der Waals surface area (Å²) in [5.74, 6) is 0. The number of hydrogen-bond donors (Lipinski definition) is 1. The molecule has 0 atom stereocenters. The van der Waals surface area contributed by atoms with Crippen molar-refractivity contribution in [2.45, 2.75) is 31.7 Å². The van der Waals surface area contributed by atoms with Crippen molar-refractivity contribution in [2.24, 2.45) is 0 Å². The molecule has 0 spiro atoms. The maximum Gasteiger partial charge on any atom is 0.267 e. The molecule has 17 heavy (non-hydrogen) atoms. The third-order valence-corrected chi connectivity index (χ3v) is 3.52. The second kappa shape index (κ2) is 4.24. The van der Waals surface area contributed by atoms with Crippen LogP contribution in [0.25, 0.3) is 11.3 Å². The Morgan fingerprint density at radius 3 is 2.53 bits per heavy atom. The van der Waals surface area contributed by atoms with E-state index in [1.807, 2.05) is 30.3 Å². The molecule has 1 N–H and O–H groups in total. The molecule has 1 aromatic heterocycles. The van der Waals surface area contributed by atoms with Crippen molar-refractivity contribution in [1.29, 1.82) is 0 Å². The van der Waals surface area contributed by atoms with E-state index in [-0.39, 0.29) is 5.56 Å². The number of hydrogen-bond acceptors (Lipinski definition) is 1. The molecular formula is C14H16N2O. The Balaban J connectivity index is 1.98. The highest BCUT2D eigenvalue weighted by Gasteiger charge is 2.19. The zero-order chi connectivity index (χ0) is 11.7. The smallest absolute Gasteiger partial charge is 0.267 e. The maximum atomic E-state index is 11.9. The third-order valence-electron chi connectivity index (χ3n) is 3.52. The zero-order valence-corrected chi connectivity index (χ0v) is 9.73. The van der Waals surface area contributed by atoms with Gasteiger partial charge in [-0.1, -0.05) is 43.2 Å². The lowest BCUT2D eigenvalue weighted by atomic mass is 10.2. The molecule has 1 saturated carbocycles. The summed E-state index contributed by atoms with van der Waals surface area (Å²) < 4.78 is 1.80. The molecule has 0 unspecified atom stereocenters. The Kier molecular flexibility index (Phi) is 2.59. The van der Waals surface area contributed by atoms with Crippen molar-refractivity contribution < 1.29 is 0 Å². The normalized spacial score (nSPS) is 16.5. The molecule has 3 rings (SSSR count). The summed E-state index contributed by atoms with van der Waals surface area (Å²) in [4.78, 5) is 11.9. The molecule has 3 heteroatoms. The molecule has 1 aliphatic rings. The van der Waals surface area contributed by atoms with Crippen LogP contribution in [0.2, 0.25) is 0 Å². The van der Waals surface area contributed by atoms with Gasteiger partial charge in [0.1, 0.15) is 0 Å². The lowest BCUT2D eigenvalue weighted by Gasteiger charge is -2.09. The molecule has 1 aliphatic carbocycles. The number of aromatic amines is 1. The lowest BCUT2D eigenvalue weighted by molar-refractivity contribution is 0.455. The summed E-state index contributed by atoms with van der Waals surface area (Å²) in [5.41, 5.74) is 2.08. The fraction of sp³-hybridized carbons (Fsp3) is 0.357. The van der Waals surface area contributed by atoms with Crippen LogP contribution in [0.3, 0.4) is 0 Å². The topological polar surface area (TPSA) is 37.8 Å². The monoisotopic (exact) mass is 228 g/mol. The van der Waals surface area contributed by atoms with Gasteiger partial charge >= 0.3 is 0 Å². The highest BCUT2D eigenvalue weighted by molar-refractivity contribution is 5.57. The largest absolute Gasteiger partial charge is 0.295 e. The molecule has 3 nitrogen and oxygen atoms in total. The number of nitrogens with zero attached hydrogens (tertiary/aromatic N) is 1. The summed E-state index contributed by atoms with van der Waals surface area (Å²) in [5, 5.41) is 3.24. The first-order chi connectivity index (χ1) is 8.34. The van der Waals surface area contributed by atoms with E-state index in [1.165, 1.54) is 12.8 Å². The van der Waals surface area contributed by atoms with Crippen LogP contribution >= 0.6 is 0 Å². The van der Waals surface area contributed by atoms with Crippen LogP contribution < -0.4 is 5.56 Å². The highest BCUT2D eigenvalue weighted by Crippen LogP contribution is 2.28. The Labute approximate surface area is 100 Å². The second-order valence-electron chi connectivity index (χ2n) is 4.68. The SMILES string of the molecule is O=c1cc(-c2ccccc2)[nH]n1C1CCCC1. The number of rotatable bonds is 2. The molecule has 0 aliphatic heterocycles. The van der Waals surface area contributed by atoms with E-state index in [1.54, 1.807) is 10.7 Å². The van der Waals surface area contributed by atoms with Crippen molar-refractivity contribution in [3.63, 3.8) is 0 Å². The van der Waals surface area contributed by atoms with E-state index in [0.29, 0.717) is 6.04 Å². The Hall–Kier alpha value is -1.77. The molecule has 88 valence electrons. The van der Waals surface area contributed by atoms with Crippen molar-refractivity contribution >= 4 is 0 Å². The van der Waals surface area contributed by atoms with Crippen molar-refractivity contribution in [3.05, 3.63) is 46.8 Å². The van der Waals surface area contributed by atoms with Gasteiger partial charge in [-0.25, -0.2) is 4.68 Å². The molecular weight excluding hydrogens is 212 g/mol. The van der Waals surface area contributed by atoms with Gasteiger partial charge in [-0.3, -0.25) is 9.89 Å². The summed E-state index contributed by atoms with van der Waals surface area (Å²) in [6.45, 7) is 0. The first-order valence-corrected chi connectivity index (χ1v) is 6.21.